The van der Waals surface area contributed by atoms with Crippen LogP contribution in [-0.2, 0) is 4.79 Å². The van der Waals surface area contributed by atoms with Gasteiger partial charge in [-0.05, 0) is 55.5 Å². The predicted octanol–water partition coefficient (Wildman–Crippen LogP) is 2.82. The maximum atomic E-state index is 12.3. The molecule has 0 radical (unpaired) electrons. The van der Waals surface area contributed by atoms with Crippen molar-refractivity contribution < 1.29 is 14.6 Å². The highest BCUT2D eigenvalue weighted by molar-refractivity contribution is 5.82. The fraction of sp³-hybridized carbons (Fsp3) is 0.400. The number of amides is 1. The molecule has 0 unspecified atom stereocenters. The minimum Gasteiger partial charge on any atom is -0.491 e. The molecule has 1 amide bonds. The Bertz CT molecular complexity index is 718. The summed E-state index contributed by atoms with van der Waals surface area (Å²) in [6.45, 7) is 4.11. The average Bonchev–Trinajstić information content (AvgIpc) is 3.40. The summed E-state index contributed by atoms with van der Waals surface area (Å²) < 4.78 is 5.64. The Hall–Kier alpha value is -2.40. The molecule has 2 N–H and O–H groups in total. The van der Waals surface area contributed by atoms with Crippen LogP contribution in [0.1, 0.15) is 43.4 Å². The molecule has 3 atom stereocenters. The highest BCUT2D eigenvalue weighted by Gasteiger charge is 2.43. The number of ether oxygens (including phenoxy) is 1. The van der Waals surface area contributed by atoms with Gasteiger partial charge in [0.25, 0.3) is 0 Å². The molecule has 3 rings (SSSR count). The molecule has 2 aromatic rings. The number of aliphatic hydroxyl groups is 1. The van der Waals surface area contributed by atoms with Gasteiger partial charge in [-0.15, -0.1) is 0 Å². The number of nitrogens with one attached hydrogen (secondary N) is 1. The molecule has 0 aliphatic heterocycles. The minimum atomic E-state index is -0.754. The van der Waals surface area contributed by atoms with Gasteiger partial charge in [-0.2, -0.15) is 0 Å². The van der Waals surface area contributed by atoms with Crippen molar-refractivity contribution in [3.05, 3.63) is 59.9 Å². The highest BCUT2D eigenvalue weighted by Crippen LogP contribution is 2.47. The molecular weight excluding hydrogens is 316 g/mol. The summed E-state index contributed by atoms with van der Waals surface area (Å²) in [6, 6.07) is 11.2. The molecule has 0 bridgehead atoms. The number of pyridine rings is 1. The molecule has 1 saturated carbocycles. The molecular formula is C20H24N2O3. The smallest absolute Gasteiger partial charge is 0.223 e. The lowest BCUT2D eigenvalue weighted by molar-refractivity contribution is -0.122. The maximum Gasteiger partial charge on any atom is 0.223 e. The molecule has 1 aromatic heterocycles. The normalized spacial score (nSPS) is 20.2. The van der Waals surface area contributed by atoms with E-state index in [-0.39, 0.29) is 30.4 Å². The van der Waals surface area contributed by atoms with E-state index in [9.17, 15) is 9.90 Å². The number of hydrogen-bond acceptors (Lipinski definition) is 4. The fourth-order valence-corrected chi connectivity index (χ4v) is 2.96. The van der Waals surface area contributed by atoms with Crippen molar-refractivity contribution in [2.75, 3.05) is 6.54 Å². The van der Waals surface area contributed by atoms with Gasteiger partial charge in [0, 0.05) is 24.9 Å². The van der Waals surface area contributed by atoms with E-state index in [1.165, 1.54) is 0 Å². The summed E-state index contributed by atoms with van der Waals surface area (Å²) >= 11 is 0. The Morgan fingerprint density at radius 1 is 1.36 bits per heavy atom. The van der Waals surface area contributed by atoms with Crippen molar-refractivity contribution in [2.45, 2.75) is 38.4 Å². The zero-order valence-electron chi connectivity index (χ0n) is 14.6. The van der Waals surface area contributed by atoms with E-state index in [0.29, 0.717) is 0 Å². The Balaban J connectivity index is 1.51. The second-order valence-corrected chi connectivity index (χ2v) is 6.74. The zero-order valence-corrected chi connectivity index (χ0v) is 14.6. The van der Waals surface area contributed by atoms with Gasteiger partial charge in [-0.25, -0.2) is 0 Å². The first-order valence-corrected chi connectivity index (χ1v) is 8.67. The van der Waals surface area contributed by atoms with Gasteiger partial charge in [0.15, 0.2) is 0 Å². The summed E-state index contributed by atoms with van der Waals surface area (Å²) in [7, 11) is 0. The molecule has 5 nitrogen and oxygen atoms in total. The Labute approximate surface area is 148 Å². The fourth-order valence-electron chi connectivity index (χ4n) is 2.96. The monoisotopic (exact) mass is 340 g/mol. The second kappa shape index (κ2) is 7.66. The van der Waals surface area contributed by atoms with E-state index in [1.807, 2.05) is 56.4 Å². The Morgan fingerprint density at radius 2 is 2.20 bits per heavy atom. The van der Waals surface area contributed by atoms with Gasteiger partial charge in [0.2, 0.25) is 5.91 Å². The summed E-state index contributed by atoms with van der Waals surface area (Å²) in [5.41, 5.74) is 1.83. The largest absolute Gasteiger partial charge is 0.491 e. The van der Waals surface area contributed by atoms with Crippen LogP contribution < -0.4 is 10.1 Å². The van der Waals surface area contributed by atoms with Gasteiger partial charge in [-0.1, -0.05) is 18.2 Å². The number of benzene rings is 1. The van der Waals surface area contributed by atoms with Crippen LogP contribution in [0.3, 0.4) is 0 Å². The lowest BCUT2D eigenvalue weighted by Gasteiger charge is -2.15. The van der Waals surface area contributed by atoms with Gasteiger partial charge in [0.05, 0.1) is 12.2 Å². The molecule has 1 aliphatic carbocycles. The number of rotatable bonds is 7. The van der Waals surface area contributed by atoms with Gasteiger partial charge in [-0.3, -0.25) is 9.78 Å². The van der Waals surface area contributed by atoms with Crippen molar-refractivity contribution in [3.63, 3.8) is 0 Å². The van der Waals surface area contributed by atoms with Crippen molar-refractivity contribution >= 4 is 5.91 Å². The van der Waals surface area contributed by atoms with E-state index in [4.69, 9.17) is 4.74 Å². The number of nitrogens with zero attached hydrogens (tertiary/aromatic N) is 1. The zero-order chi connectivity index (χ0) is 17.8. The van der Waals surface area contributed by atoms with E-state index >= 15 is 0 Å². The highest BCUT2D eigenvalue weighted by atomic mass is 16.5. The summed E-state index contributed by atoms with van der Waals surface area (Å²) in [4.78, 5) is 16.4. The van der Waals surface area contributed by atoms with Crippen LogP contribution in [-0.4, -0.2) is 28.6 Å². The molecule has 0 spiro atoms. The topological polar surface area (TPSA) is 71.5 Å². The van der Waals surface area contributed by atoms with E-state index in [2.05, 4.69) is 10.3 Å². The Kier molecular flexibility index (Phi) is 5.34. The van der Waals surface area contributed by atoms with Crippen LogP contribution in [0.25, 0.3) is 0 Å². The standard InChI is InChI=1S/C20H24N2O3/c1-13(2)25-16-7-3-5-14(9-16)19(23)12-22-20(24)18-10-17(18)15-6-4-8-21-11-15/h3-9,11,13,17-19,23H,10,12H2,1-2H3,(H,22,24)/t17-,18-,19+/m0/s1. The molecule has 1 aliphatic rings. The lowest BCUT2D eigenvalue weighted by atomic mass is 10.1. The summed E-state index contributed by atoms with van der Waals surface area (Å²) in [5, 5.41) is 13.2. The SMILES string of the molecule is CC(C)Oc1cccc([C@H](O)CNC(=O)[C@H]2C[C@H]2c2cccnc2)c1. The van der Waals surface area contributed by atoms with Crippen LogP contribution in [0.15, 0.2) is 48.8 Å². The molecule has 1 fully saturated rings. The van der Waals surface area contributed by atoms with Gasteiger partial charge < -0.3 is 15.2 Å². The van der Waals surface area contributed by atoms with Crippen molar-refractivity contribution in [1.82, 2.24) is 10.3 Å². The maximum absolute atomic E-state index is 12.3. The van der Waals surface area contributed by atoms with Crippen LogP contribution in [0.5, 0.6) is 5.75 Å². The van der Waals surface area contributed by atoms with E-state index in [1.54, 1.807) is 6.20 Å². The van der Waals surface area contributed by atoms with Crippen LogP contribution in [0.4, 0.5) is 0 Å². The van der Waals surface area contributed by atoms with Gasteiger partial charge in [0.1, 0.15) is 5.75 Å². The first kappa shape index (κ1) is 17.4. The third-order valence-electron chi connectivity index (χ3n) is 4.32. The quantitative estimate of drug-likeness (QED) is 0.813. The van der Waals surface area contributed by atoms with Gasteiger partial charge >= 0.3 is 0 Å². The van der Waals surface area contributed by atoms with Crippen molar-refractivity contribution in [3.8, 4) is 5.75 Å². The third kappa shape index (κ3) is 4.57. The predicted molar refractivity (Wildman–Crippen MR) is 95.3 cm³/mol. The number of carbonyl (C=O) groups excluding carboxylic acids is 1. The second-order valence-electron chi connectivity index (χ2n) is 6.74. The third-order valence-corrected chi connectivity index (χ3v) is 4.32. The van der Waals surface area contributed by atoms with Crippen LogP contribution in [0.2, 0.25) is 0 Å². The first-order valence-electron chi connectivity index (χ1n) is 8.67. The van der Waals surface area contributed by atoms with Crippen molar-refractivity contribution in [1.29, 1.82) is 0 Å². The summed E-state index contributed by atoms with van der Waals surface area (Å²) in [6.07, 6.45) is 3.70. The lowest BCUT2D eigenvalue weighted by Crippen LogP contribution is -2.30. The van der Waals surface area contributed by atoms with E-state index in [0.717, 1.165) is 23.3 Å². The number of carbonyl (C=O) groups is 1. The van der Waals surface area contributed by atoms with Crippen molar-refractivity contribution in [2.24, 2.45) is 5.92 Å². The first-order chi connectivity index (χ1) is 12.0. The molecule has 25 heavy (non-hydrogen) atoms. The minimum absolute atomic E-state index is 0.0116. The molecule has 0 saturated heterocycles. The van der Waals surface area contributed by atoms with Crippen LogP contribution in [0, 0.1) is 5.92 Å². The summed E-state index contributed by atoms with van der Waals surface area (Å²) in [5.74, 6) is 0.930. The number of aromatic nitrogens is 1. The van der Waals surface area contributed by atoms with Crippen LogP contribution >= 0.6 is 0 Å². The molecule has 1 heterocycles. The molecule has 1 aromatic carbocycles. The molecule has 5 heteroatoms. The van der Waals surface area contributed by atoms with E-state index < -0.39 is 6.10 Å². The number of hydrogen-bond donors (Lipinski definition) is 2. The number of aliphatic hydroxyl groups excluding tert-OH is 1. The molecule has 132 valence electrons. The average molecular weight is 340 g/mol. The Morgan fingerprint density at radius 3 is 2.92 bits per heavy atom.